The van der Waals surface area contributed by atoms with E-state index in [1.165, 1.54) is 16.9 Å². The molecule has 1 atom stereocenters. The van der Waals surface area contributed by atoms with Gasteiger partial charge in [0.15, 0.2) is 5.82 Å². The van der Waals surface area contributed by atoms with Gasteiger partial charge in [-0.2, -0.15) is 0 Å². The summed E-state index contributed by atoms with van der Waals surface area (Å²) in [6, 6.07) is 2.01. The average Bonchev–Trinajstić information content (AvgIpc) is 2.92. The lowest BCUT2D eigenvalue weighted by molar-refractivity contribution is 0.0966. The Balaban J connectivity index is 1.71. The van der Waals surface area contributed by atoms with Gasteiger partial charge in [-0.15, -0.1) is 11.3 Å². The van der Waals surface area contributed by atoms with E-state index in [1.807, 2.05) is 13.0 Å². The fourth-order valence-electron chi connectivity index (χ4n) is 2.71. The molecule has 0 bridgehead atoms. The van der Waals surface area contributed by atoms with Gasteiger partial charge in [-0.1, -0.05) is 18.5 Å². The van der Waals surface area contributed by atoms with Crippen LogP contribution in [-0.4, -0.2) is 15.9 Å². The zero-order valence-electron chi connectivity index (χ0n) is 13.4. The number of aryl methyl sites for hydroxylation is 2. The molecule has 0 unspecified atom stereocenters. The number of hydrogen-bond donors (Lipinski definition) is 2. The molecule has 2 aromatic heterocycles. The summed E-state index contributed by atoms with van der Waals surface area (Å²) in [5.41, 5.74) is 7.58. The third-order valence-corrected chi connectivity index (χ3v) is 5.65. The first-order valence-electron chi connectivity index (χ1n) is 7.62. The zero-order chi connectivity index (χ0) is 16.6. The minimum absolute atomic E-state index is 0.149. The summed E-state index contributed by atoms with van der Waals surface area (Å²) in [6.07, 6.45) is 3.33. The number of hydrogen-bond acceptors (Lipinski definition) is 5. The van der Waals surface area contributed by atoms with Gasteiger partial charge in [-0.25, -0.2) is 9.97 Å². The van der Waals surface area contributed by atoms with Crippen LogP contribution in [0.2, 0.25) is 5.15 Å². The van der Waals surface area contributed by atoms with Crippen molar-refractivity contribution >= 4 is 34.7 Å². The van der Waals surface area contributed by atoms with Crippen LogP contribution in [0.5, 0.6) is 0 Å². The van der Waals surface area contributed by atoms with Crippen molar-refractivity contribution in [1.29, 1.82) is 0 Å². The van der Waals surface area contributed by atoms with Crippen LogP contribution in [0, 0.1) is 19.8 Å². The summed E-state index contributed by atoms with van der Waals surface area (Å²) in [7, 11) is 0. The van der Waals surface area contributed by atoms with Crippen molar-refractivity contribution < 1.29 is 4.79 Å². The Morgan fingerprint density at radius 2 is 2.17 bits per heavy atom. The minimum Gasteiger partial charge on any atom is -0.281 e. The van der Waals surface area contributed by atoms with Gasteiger partial charge in [0.05, 0.1) is 4.88 Å². The van der Waals surface area contributed by atoms with E-state index >= 15 is 0 Å². The molecule has 1 aliphatic carbocycles. The van der Waals surface area contributed by atoms with Crippen molar-refractivity contribution in [2.24, 2.45) is 5.92 Å². The van der Waals surface area contributed by atoms with Crippen molar-refractivity contribution in [3.8, 4) is 0 Å². The van der Waals surface area contributed by atoms with Gasteiger partial charge in [0, 0.05) is 10.4 Å². The van der Waals surface area contributed by atoms with Gasteiger partial charge in [0.1, 0.15) is 11.0 Å². The van der Waals surface area contributed by atoms with E-state index in [4.69, 9.17) is 11.6 Å². The number of amides is 1. The van der Waals surface area contributed by atoms with Crippen LogP contribution >= 0.6 is 22.9 Å². The maximum absolute atomic E-state index is 12.4. The molecule has 0 aromatic carbocycles. The van der Waals surface area contributed by atoms with Gasteiger partial charge in [-0.05, 0) is 50.7 Å². The Morgan fingerprint density at radius 1 is 1.39 bits per heavy atom. The van der Waals surface area contributed by atoms with E-state index in [0.29, 0.717) is 28.3 Å². The average molecular weight is 351 g/mol. The predicted molar refractivity (Wildman–Crippen MR) is 93.1 cm³/mol. The molecule has 7 heteroatoms. The lowest BCUT2D eigenvalue weighted by atomic mass is 9.90. The van der Waals surface area contributed by atoms with Gasteiger partial charge in [0.2, 0.25) is 0 Å². The van der Waals surface area contributed by atoms with Crippen LogP contribution in [0.4, 0.5) is 5.82 Å². The molecule has 0 saturated carbocycles. The second-order valence-corrected chi connectivity index (χ2v) is 7.52. The molecule has 2 N–H and O–H groups in total. The summed E-state index contributed by atoms with van der Waals surface area (Å²) in [4.78, 5) is 22.8. The summed E-state index contributed by atoms with van der Waals surface area (Å²) in [5.74, 6) is 1.62. The largest absolute Gasteiger partial charge is 0.281 e. The molecule has 1 amide bonds. The van der Waals surface area contributed by atoms with Crippen molar-refractivity contribution in [2.75, 3.05) is 5.43 Å². The first-order chi connectivity index (χ1) is 10.9. The summed E-state index contributed by atoms with van der Waals surface area (Å²) >= 11 is 7.61. The maximum atomic E-state index is 12.4. The summed E-state index contributed by atoms with van der Waals surface area (Å²) < 4.78 is 0. The molecule has 0 saturated heterocycles. The van der Waals surface area contributed by atoms with Crippen molar-refractivity contribution in [1.82, 2.24) is 15.4 Å². The Morgan fingerprint density at radius 3 is 2.96 bits per heavy atom. The Bertz CT molecular complexity index is 759. The highest BCUT2D eigenvalue weighted by Gasteiger charge is 2.20. The number of rotatable bonds is 3. The third kappa shape index (κ3) is 3.48. The number of hydrazine groups is 1. The molecule has 0 spiro atoms. The lowest BCUT2D eigenvalue weighted by Gasteiger charge is -2.16. The number of fused-ring (bicyclic) bond motifs is 1. The van der Waals surface area contributed by atoms with Gasteiger partial charge >= 0.3 is 0 Å². The second-order valence-electron chi connectivity index (χ2n) is 6.02. The molecule has 23 heavy (non-hydrogen) atoms. The van der Waals surface area contributed by atoms with Crippen LogP contribution in [0.3, 0.4) is 0 Å². The molecule has 122 valence electrons. The van der Waals surface area contributed by atoms with Gasteiger partial charge < -0.3 is 0 Å². The van der Waals surface area contributed by atoms with E-state index in [1.54, 1.807) is 18.3 Å². The maximum Gasteiger partial charge on any atom is 0.279 e. The van der Waals surface area contributed by atoms with E-state index in [-0.39, 0.29) is 5.91 Å². The molecule has 0 radical (unpaired) electrons. The number of carbonyl (C=O) groups excluding carboxylic acids is 1. The Hall–Kier alpha value is -1.66. The van der Waals surface area contributed by atoms with Crippen LogP contribution in [-0.2, 0) is 12.8 Å². The molecule has 2 heterocycles. The lowest BCUT2D eigenvalue weighted by Crippen LogP contribution is -2.29. The van der Waals surface area contributed by atoms with E-state index < -0.39 is 0 Å². The molecule has 0 aliphatic heterocycles. The Kier molecular flexibility index (Phi) is 4.55. The monoisotopic (exact) mass is 350 g/mol. The molecule has 5 nitrogen and oxygen atoms in total. The summed E-state index contributed by atoms with van der Waals surface area (Å²) in [6.45, 7) is 5.82. The number of nitrogens with zero attached hydrogens (tertiary/aromatic N) is 2. The summed E-state index contributed by atoms with van der Waals surface area (Å²) in [5, 5.41) is 0.384. The first kappa shape index (κ1) is 16.2. The predicted octanol–water partition coefficient (Wildman–Crippen LogP) is 3.69. The van der Waals surface area contributed by atoms with E-state index in [9.17, 15) is 4.79 Å². The zero-order valence-corrected chi connectivity index (χ0v) is 14.9. The van der Waals surface area contributed by atoms with Crippen LogP contribution in [0.25, 0.3) is 0 Å². The fraction of sp³-hybridized carbons (Fsp3) is 0.438. The quantitative estimate of drug-likeness (QED) is 0.654. The normalized spacial score (nSPS) is 16.8. The number of thiophene rings is 1. The van der Waals surface area contributed by atoms with Crippen molar-refractivity contribution in [2.45, 2.75) is 40.0 Å². The number of carbonyl (C=O) groups is 1. The molecule has 3 rings (SSSR count). The standard InChI is InChI=1S/C16H19ClN4OS/c1-8-4-5-12-11(6-8)7-13(23-12)16(22)21-20-15-9(2)14(17)18-10(3)19-15/h7-8H,4-6H2,1-3H3,(H,21,22)(H,18,19,20)/t8-/m0/s1. The van der Waals surface area contributed by atoms with Crippen molar-refractivity contribution in [3.05, 3.63) is 37.9 Å². The third-order valence-electron chi connectivity index (χ3n) is 4.05. The minimum atomic E-state index is -0.149. The van der Waals surface area contributed by atoms with E-state index in [0.717, 1.165) is 17.7 Å². The molecular weight excluding hydrogens is 332 g/mol. The number of anilines is 1. The molecule has 0 fully saturated rings. The highest BCUT2D eigenvalue weighted by Crippen LogP contribution is 2.32. The highest BCUT2D eigenvalue weighted by atomic mass is 35.5. The van der Waals surface area contributed by atoms with Crippen molar-refractivity contribution in [3.63, 3.8) is 0 Å². The first-order valence-corrected chi connectivity index (χ1v) is 8.82. The van der Waals surface area contributed by atoms with E-state index in [2.05, 4.69) is 27.7 Å². The number of aromatic nitrogens is 2. The van der Waals surface area contributed by atoms with Gasteiger partial charge in [-0.3, -0.25) is 15.6 Å². The SMILES string of the molecule is Cc1nc(Cl)c(C)c(NNC(=O)c2cc3c(s2)CC[C@H](C)C3)n1. The topological polar surface area (TPSA) is 66.9 Å². The molecular formula is C16H19ClN4OS. The number of nitrogens with one attached hydrogen (secondary N) is 2. The number of halogens is 1. The highest BCUT2D eigenvalue weighted by molar-refractivity contribution is 7.14. The second kappa shape index (κ2) is 6.45. The van der Waals surface area contributed by atoms with Crippen LogP contribution in [0.15, 0.2) is 6.07 Å². The van der Waals surface area contributed by atoms with Crippen LogP contribution in [0.1, 0.15) is 44.8 Å². The fourth-order valence-corrected chi connectivity index (χ4v) is 4.03. The van der Waals surface area contributed by atoms with Crippen LogP contribution < -0.4 is 10.9 Å². The smallest absolute Gasteiger partial charge is 0.279 e. The Labute approximate surface area is 144 Å². The van der Waals surface area contributed by atoms with Gasteiger partial charge in [0.25, 0.3) is 5.91 Å². The molecule has 2 aromatic rings. The molecule has 1 aliphatic rings.